The van der Waals surface area contributed by atoms with Crippen LogP contribution in [0.3, 0.4) is 0 Å². The highest BCUT2D eigenvalue weighted by molar-refractivity contribution is 5.77. The second-order valence-electron chi connectivity index (χ2n) is 5.31. The van der Waals surface area contributed by atoms with Crippen LogP contribution < -0.4 is 5.32 Å². The van der Waals surface area contributed by atoms with Gasteiger partial charge in [0.1, 0.15) is 0 Å². The van der Waals surface area contributed by atoms with Crippen molar-refractivity contribution in [1.82, 2.24) is 10.3 Å². The fourth-order valence-corrected chi connectivity index (χ4v) is 1.51. The first kappa shape index (κ1) is 12.7. The van der Waals surface area contributed by atoms with Gasteiger partial charge in [0, 0.05) is 18.8 Å². The number of hydrogen-bond donors (Lipinski definition) is 1. The molecule has 0 spiro atoms. The van der Waals surface area contributed by atoms with E-state index in [0.29, 0.717) is 6.42 Å². The summed E-state index contributed by atoms with van der Waals surface area (Å²) in [6.45, 7) is 8.16. The van der Waals surface area contributed by atoms with E-state index in [2.05, 4.69) is 31.1 Å². The Morgan fingerprint density at radius 3 is 2.44 bits per heavy atom. The van der Waals surface area contributed by atoms with Crippen molar-refractivity contribution in [3.63, 3.8) is 0 Å². The van der Waals surface area contributed by atoms with Gasteiger partial charge in [-0.1, -0.05) is 20.8 Å². The zero-order valence-corrected chi connectivity index (χ0v) is 10.4. The molecule has 88 valence electrons. The van der Waals surface area contributed by atoms with Gasteiger partial charge in [-0.25, -0.2) is 0 Å². The van der Waals surface area contributed by atoms with Crippen molar-refractivity contribution < 1.29 is 4.79 Å². The molecule has 1 aromatic rings. The predicted octanol–water partition coefficient (Wildman–Crippen LogP) is 2.70. The average molecular weight is 220 g/mol. The van der Waals surface area contributed by atoms with Crippen LogP contribution in [0.15, 0.2) is 24.5 Å². The second kappa shape index (κ2) is 5.10. The SMILES string of the molecule is CC(NC(=O)CC(C)(C)C)c1ccncc1. The highest BCUT2D eigenvalue weighted by atomic mass is 16.1. The molecule has 0 radical (unpaired) electrons. The molecular formula is C13H20N2O. The summed E-state index contributed by atoms with van der Waals surface area (Å²) in [6, 6.07) is 3.88. The molecule has 1 heterocycles. The summed E-state index contributed by atoms with van der Waals surface area (Å²) < 4.78 is 0. The Labute approximate surface area is 97.3 Å². The maximum atomic E-state index is 11.7. The molecule has 1 amide bonds. The summed E-state index contributed by atoms with van der Waals surface area (Å²) in [6.07, 6.45) is 4.02. The van der Waals surface area contributed by atoms with Crippen LogP contribution in [0.2, 0.25) is 0 Å². The first-order valence-corrected chi connectivity index (χ1v) is 5.58. The molecule has 0 fully saturated rings. The van der Waals surface area contributed by atoms with Gasteiger partial charge in [0.25, 0.3) is 0 Å². The normalized spacial score (nSPS) is 13.2. The maximum Gasteiger partial charge on any atom is 0.220 e. The third kappa shape index (κ3) is 4.43. The number of amides is 1. The Hall–Kier alpha value is -1.38. The van der Waals surface area contributed by atoms with Gasteiger partial charge in [0.15, 0.2) is 0 Å². The van der Waals surface area contributed by atoms with E-state index in [4.69, 9.17) is 0 Å². The lowest BCUT2D eigenvalue weighted by Crippen LogP contribution is -2.29. The van der Waals surface area contributed by atoms with Gasteiger partial charge in [-0.2, -0.15) is 0 Å². The molecule has 1 N–H and O–H groups in total. The average Bonchev–Trinajstić information content (AvgIpc) is 2.16. The fourth-order valence-electron chi connectivity index (χ4n) is 1.51. The van der Waals surface area contributed by atoms with Gasteiger partial charge in [-0.3, -0.25) is 9.78 Å². The van der Waals surface area contributed by atoms with Gasteiger partial charge in [0.05, 0.1) is 6.04 Å². The lowest BCUT2D eigenvalue weighted by Gasteiger charge is -2.20. The van der Waals surface area contributed by atoms with E-state index in [-0.39, 0.29) is 17.4 Å². The minimum atomic E-state index is 0.0298. The number of carbonyl (C=O) groups excluding carboxylic acids is 1. The van der Waals surface area contributed by atoms with Crippen LogP contribution in [0.25, 0.3) is 0 Å². The van der Waals surface area contributed by atoms with Crippen molar-refractivity contribution in [3.05, 3.63) is 30.1 Å². The third-order valence-electron chi connectivity index (χ3n) is 2.27. The largest absolute Gasteiger partial charge is 0.350 e. The van der Waals surface area contributed by atoms with Crippen molar-refractivity contribution in [1.29, 1.82) is 0 Å². The van der Waals surface area contributed by atoms with Crippen molar-refractivity contribution in [2.75, 3.05) is 0 Å². The van der Waals surface area contributed by atoms with E-state index < -0.39 is 0 Å². The Bertz CT molecular complexity index is 341. The van der Waals surface area contributed by atoms with Gasteiger partial charge >= 0.3 is 0 Å². The topological polar surface area (TPSA) is 42.0 Å². The maximum absolute atomic E-state index is 11.7. The van der Waals surface area contributed by atoms with Crippen molar-refractivity contribution in [3.8, 4) is 0 Å². The predicted molar refractivity (Wildman–Crippen MR) is 64.9 cm³/mol. The molecule has 1 aromatic heterocycles. The Balaban J connectivity index is 2.52. The first-order valence-electron chi connectivity index (χ1n) is 5.58. The molecule has 0 aliphatic rings. The number of nitrogens with zero attached hydrogens (tertiary/aromatic N) is 1. The molecule has 3 heteroatoms. The van der Waals surface area contributed by atoms with Gasteiger partial charge in [0.2, 0.25) is 5.91 Å². The van der Waals surface area contributed by atoms with Crippen LogP contribution in [0.4, 0.5) is 0 Å². The number of nitrogens with one attached hydrogen (secondary N) is 1. The molecule has 1 atom stereocenters. The minimum Gasteiger partial charge on any atom is -0.350 e. The van der Waals surface area contributed by atoms with Gasteiger partial charge in [-0.15, -0.1) is 0 Å². The van der Waals surface area contributed by atoms with Crippen LogP contribution in [0, 0.1) is 5.41 Å². The monoisotopic (exact) mass is 220 g/mol. The summed E-state index contributed by atoms with van der Waals surface area (Å²) in [7, 11) is 0. The number of hydrogen-bond acceptors (Lipinski definition) is 2. The molecule has 0 aliphatic carbocycles. The van der Waals surface area contributed by atoms with E-state index >= 15 is 0 Å². The summed E-state index contributed by atoms with van der Waals surface area (Å²) in [5, 5.41) is 2.99. The molecule has 16 heavy (non-hydrogen) atoms. The Morgan fingerprint density at radius 1 is 1.38 bits per heavy atom. The number of aromatic nitrogens is 1. The second-order valence-corrected chi connectivity index (χ2v) is 5.31. The minimum absolute atomic E-state index is 0.0298. The molecule has 0 saturated heterocycles. The highest BCUT2D eigenvalue weighted by Crippen LogP contribution is 2.19. The summed E-state index contributed by atoms with van der Waals surface area (Å²) in [5.74, 6) is 0.0943. The van der Waals surface area contributed by atoms with Gasteiger partial charge in [-0.05, 0) is 30.0 Å². The van der Waals surface area contributed by atoms with Crippen LogP contribution in [-0.4, -0.2) is 10.9 Å². The van der Waals surface area contributed by atoms with Crippen LogP contribution in [0.1, 0.15) is 45.7 Å². The Kier molecular flexibility index (Phi) is 4.05. The first-order chi connectivity index (χ1) is 7.38. The van der Waals surface area contributed by atoms with Crippen molar-refractivity contribution in [2.45, 2.75) is 40.2 Å². The summed E-state index contributed by atoms with van der Waals surface area (Å²) in [4.78, 5) is 15.7. The quantitative estimate of drug-likeness (QED) is 0.851. The molecular weight excluding hydrogens is 200 g/mol. The molecule has 3 nitrogen and oxygen atoms in total. The Morgan fingerprint density at radius 2 is 1.94 bits per heavy atom. The number of pyridine rings is 1. The summed E-state index contributed by atoms with van der Waals surface area (Å²) in [5.41, 5.74) is 1.11. The smallest absolute Gasteiger partial charge is 0.220 e. The summed E-state index contributed by atoms with van der Waals surface area (Å²) >= 11 is 0. The number of carbonyl (C=O) groups is 1. The fraction of sp³-hybridized carbons (Fsp3) is 0.538. The van der Waals surface area contributed by atoms with Crippen molar-refractivity contribution in [2.24, 2.45) is 5.41 Å². The number of rotatable bonds is 3. The van der Waals surface area contributed by atoms with E-state index in [1.807, 2.05) is 19.1 Å². The van der Waals surface area contributed by atoms with Crippen molar-refractivity contribution >= 4 is 5.91 Å². The zero-order valence-electron chi connectivity index (χ0n) is 10.4. The molecule has 0 aromatic carbocycles. The lowest BCUT2D eigenvalue weighted by molar-refractivity contribution is -0.123. The van der Waals surface area contributed by atoms with Crippen LogP contribution in [0.5, 0.6) is 0 Å². The van der Waals surface area contributed by atoms with Crippen LogP contribution in [-0.2, 0) is 4.79 Å². The van der Waals surface area contributed by atoms with E-state index in [9.17, 15) is 4.79 Å². The molecule has 0 saturated carbocycles. The molecule has 0 bridgehead atoms. The van der Waals surface area contributed by atoms with Gasteiger partial charge < -0.3 is 5.32 Å². The third-order valence-corrected chi connectivity index (χ3v) is 2.27. The zero-order chi connectivity index (χ0) is 12.2. The molecule has 1 rings (SSSR count). The van der Waals surface area contributed by atoms with E-state index in [0.717, 1.165) is 5.56 Å². The van der Waals surface area contributed by atoms with Crippen LogP contribution >= 0.6 is 0 Å². The lowest BCUT2D eigenvalue weighted by atomic mass is 9.92. The van der Waals surface area contributed by atoms with E-state index in [1.54, 1.807) is 12.4 Å². The molecule has 0 aliphatic heterocycles. The standard InChI is InChI=1S/C13H20N2O/c1-10(11-5-7-14-8-6-11)15-12(16)9-13(2,3)4/h5-8,10H,9H2,1-4H3,(H,15,16). The highest BCUT2D eigenvalue weighted by Gasteiger charge is 2.17. The molecule has 1 unspecified atom stereocenters. The van der Waals surface area contributed by atoms with E-state index in [1.165, 1.54) is 0 Å².